The van der Waals surface area contributed by atoms with Crippen LogP contribution in [0.1, 0.15) is 23.6 Å². The van der Waals surface area contributed by atoms with Crippen molar-refractivity contribution in [3.63, 3.8) is 0 Å². The first-order chi connectivity index (χ1) is 10.1. The minimum Gasteiger partial charge on any atom is -0.380 e. The highest BCUT2D eigenvalue weighted by Gasteiger charge is 2.14. The lowest BCUT2D eigenvalue weighted by Gasteiger charge is -2.22. The topological polar surface area (TPSA) is 49.1 Å². The molecular weight excluding hydrogens is 262 g/mol. The molecule has 0 fully saturated rings. The summed E-state index contributed by atoms with van der Waals surface area (Å²) >= 11 is 0. The lowest BCUT2D eigenvalue weighted by atomic mass is 10.0. The van der Waals surface area contributed by atoms with Crippen molar-refractivity contribution in [1.29, 1.82) is 5.26 Å². The average Bonchev–Trinajstić information content (AvgIpc) is 2.45. The molecule has 0 bridgehead atoms. The van der Waals surface area contributed by atoms with E-state index in [0.717, 1.165) is 28.7 Å². The lowest BCUT2D eigenvalue weighted by molar-refractivity contribution is 0.154. The number of nitrogens with zero attached hydrogens (tertiary/aromatic N) is 3. The molecule has 0 amide bonds. The third-order valence-electron chi connectivity index (χ3n) is 3.56. The smallest absolute Gasteiger partial charge is 0.103 e. The summed E-state index contributed by atoms with van der Waals surface area (Å²) in [5.74, 6) is 0. The van der Waals surface area contributed by atoms with Gasteiger partial charge in [-0.25, -0.2) is 0 Å². The second-order valence-corrected chi connectivity index (χ2v) is 5.23. The molecule has 0 N–H and O–H groups in total. The summed E-state index contributed by atoms with van der Waals surface area (Å²) in [6.45, 7) is 8.19. The number of rotatable bonds is 5. The Kier molecular flexibility index (Phi) is 4.77. The van der Waals surface area contributed by atoms with E-state index in [2.05, 4.69) is 41.9 Å². The van der Waals surface area contributed by atoms with Crippen molar-refractivity contribution in [2.75, 3.05) is 31.7 Å². The number of likely N-dealkylation sites (N-methyl/N-ethyl adjacent to an activating group) is 1. The van der Waals surface area contributed by atoms with Crippen LogP contribution in [0.25, 0.3) is 10.9 Å². The van der Waals surface area contributed by atoms with E-state index in [9.17, 15) is 5.26 Å². The normalized spacial score (nSPS) is 10.6. The van der Waals surface area contributed by atoms with Crippen LogP contribution in [0.2, 0.25) is 0 Å². The van der Waals surface area contributed by atoms with Gasteiger partial charge in [0.05, 0.1) is 23.4 Å². The van der Waals surface area contributed by atoms with Crippen molar-refractivity contribution in [3.8, 4) is 6.07 Å². The predicted octanol–water partition coefficient (Wildman–Crippen LogP) is 3.20. The molecule has 1 heterocycles. The van der Waals surface area contributed by atoms with Gasteiger partial charge in [-0.3, -0.25) is 4.98 Å². The minimum atomic E-state index is 0.603. The zero-order chi connectivity index (χ0) is 15.4. The Balaban J connectivity index is 2.56. The molecule has 4 nitrogen and oxygen atoms in total. The van der Waals surface area contributed by atoms with Crippen LogP contribution in [-0.4, -0.2) is 31.8 Å². The standard InChI is InChI=1S/C17H21N3O/c1-5-21-7-6-20(4)17-14(10-18)11-19-16-13(3)8-12(2)9-15(16)17/h8-9,11H,5-7H2,1-4H3. The Bertz CT molecular complexity index is 688. The van der Waals surface area contributed by atoms with Crippen LogP contribution < -0.4 is 4.90 Å². The maximum absolute atomic E-state index is 9.39. The third kappa shape index (κ3) is 3.14. The molecule has 0 aliphatic carbocycles. The van der Waals surface area contributed by atoms with Gasteiger partial charge in [0.1, 0.15) is 6.07 Å². The first-order valence-electron chi connectivity index (χ1n) is 7.17. The first-order valence-corrected chi connectivity index (χ1v) is 7.17. The van der Waals surface area contributed by atoms with Crippen LogP contribution >= 0.6 is 0 Å². The van der Waals surface area contributed by atoms with Crippen LogP contribution in [0.5, 0.6) is 0 Å². The number of pyridine rings is 1. The molecule has 2 rings (SSSR count). The van der Waals surface area contributed by atoms with Gasteiger partial charge < -0.3 is 9.64 Å². The lowest BCUT2D eigenvalue weighted by Crippen LogP contribution is -2.24. The zero-order valence-electron chi connectivity index (χ0n) is 13.1. The highest BCUT2D eigenvalue weighted by molar-refractivity contribution is 5.96. The van der Waals surface area contributed by atoms with Crippen molar-refractivity contribution in [1.82, 2.24) is 4.98 Å². The van der Waals surface area contributed by atoms with Crippen LogP contribution in [0, 0.1) is 25.2 Å². The molecule has 0 aliphatic rings. The Morgan fingerprint density at radius 1 is 1.33 bits per heavy atom. The summed E-state index contributed by atoms with van der Waals surface area (Å²) < 4.78 is 5.42. The molecule has 0 aliphatic heterocycles. The zero-order valence-corrected chi connectivity index (χ0v) is 13.1. The van der Waals surface area contributed by atoms with E-state index in [4.69, 9.17) is 4.74 Å². The van der Waals surface area contributed by atoms with E-state index in [-0.39, 0.29) is 0 Å². The van der Waals surface area contributed by atoms with E-state index in [1.807, 2.05) is 14.0 Å². The first kappa shape index (κ1) is 15.3. The predicted molar refractivity (Wildman–Crippen MR) is 85.7 cm³/mol. The molecule has 0 radical (unpaired) electrons. The van der Waals surface area contributed by atoms with Crippen molar-refractivity contribution >= 4 is 16.6 Å². The summed E-state index contributed by atoms with van der Waals surface area (Å²) in [4.78, 5) is 6.53. The van der Waals surface area contributed by atoms with Gasteiger partial charge in [-0.2, -0.15) is 5.26 Å². The van der Waals surface area contributed by atoms with Gasteiger partial charge in [0.2, 0.25) is 0 Å². The quantitative estimate of drug-likeness (QED) is 0.791. The molecular formula is C17H21N3O. The Morgan fingerprint density at radius 3 is 2.76 bits per heavy atom. The molecule has 2 aromatic rings. The number of nitriles is 1. The molecule has 4 heteroatoms. The molecule has 1 aromatic heterocycles. The van der Waals surface area contributed by atoms with Crippen molar-refractivity contribution in [3.05, 3.63) is 35.0 Å². The molecule has 110 valence electrons. The Morgan fingerprint density at radius 2 is 2.10 bits per heavy atom. The van der Waals surface area contributed by atoms with Gasteiger partial charge in [0.25, 0.3) is 0 Å². The van der Waals surface area contributed by atoms with Gasteiger partial charge in [0, 0.05) is 31.8 Å². The van der Waals surface area contributed by atoms with E-state index in [1.165, 1.54) is 5.56 Å². The van der Waals surface area contributed by atoms with Gasteiger partial charge in [-0.1, -0.05) is 11.6 Å². The Hall–Kier alpha value is -2.12. The van der Waals surface area contributed by atoms with Crippen LogP contribution in [-0.2, 0) is 4.74 Å². The van der Waals surface area contributed by atoms with Gasteiger partial charge >= 0.3 is 0 Å². The largest absolute Gasteiger partial charge is 0.380 e. The number of ether oxygens (including phenoxy) is 1. The van der Waals surface area contributed by atoms with Crippen molar-refractivity contribution < 1.29 is 4.74 Å². The molecule has 21 heavy (non-hydrogen) atoms. The van der Waals surface area contributed by atoms with Crippen LogP contribution in [0.15, 0.2) is 18.3 Å². The van der Waals surface area contributed by atoms with E-state index in [1.54, 1.807) is 6.20 Å². The molecule has 0 atom stereocenters. The van der Waals surface area contributed by atoms with E-state index in [0.29, 0.717) is 18.8 Å². The maximum atomic E-state index is 9.39. The van der Waals surface area contributed by atoms with E-state index >= 15 is 0 Å². The van der Waals surface area contributed by atoms with Gasteiger partial charge in [-0.05, 0) is 32.4 Å². The summed E-state index contributed by atoms with van der Waals surface area (Å²) in [6, 6.07) is 6.47. The maximum Gasteiger partial charge on any atom is 0.103 e. The van der Waals surface area contributed by atoms with Crippen molar-refractivity contribution in [2.45, 2.75) is 20.8 Å². The molecule has 1 aromatic carbocycles. The van der Waals surface area contributed by atoms with Crippen LogP contribution in [0.4, 0.5) is 5.69 Å². The monoisotopic (exact) mass is 283 g/mol. The minimum absolute atomic E-state index is 0.603. The summed E-state index contributed by atoms with van der Waals surface area (Å²) in [5, 5.41) is 10.4. The second kappa shape index (κ2) is 6.55. The highest BCUT2D eigenvalue weighted by atomic mass is 16.5. The fourth-order valence-corrected chi connectivity index (χ4v) is 2.60. The molecule has 0 spiro atoms. The van der Waals surface area contributed by atoms with Crippen LogP contribution in [0.3, 0.4) is 0 Å². The number of aromatic nitrogens is 1. The third-order valence-corrected chi connectivity index (χ3v) is 3.56. The Labute approximate surface area is 126 Å². The van der Waals surface area contributed by atoms with E-state index < -0.39 is 0 Å². The average molecular weight is 283 g/mol. The number of fused-ring (bicyclic) bond motifs is 1. The number of hydrogen-bond acceptors (Lipinski definition) is 4. The molecule has 0 unspecified atom stereocenters. The highest BCUT2D eigenvalue weighted by Crippen LogP contribution is 2.31. The summed E-state index contributed by atoms with van der Waals surface area (Å²) in [6.07, 6.45) is 1.66. The van der Waals surface area contributed by atoms with Crippen molar-refractivity contribution in [2.24, 2.45) is 0 Å². The number of anilines is 1. The fourth-order valence-electron chi connectivity index (χ4n) is 2.60. The van der Waals surface area contributed by atoms with Gasteiger partial charge in [-0.15, -0.1) is 0 Å². The molecule has 0 saturated heterocycles. The number of hydrogen-bond donors (Lipinski definition) is 0. The fraction of sp³-hybridized carbons (Fsp3) is 0.412. The SMILES string of the molecule is CCOCCN(C)c1c(C#N)cnc2c(C)cc(C)cc12. The summed E-state index contributed by atoms with van der Waals surface area (Å²) in [5.41, 5.74) is 4.81. The number of aryl methyl sites for hydroxylation is 2. The summed E-state index contributed by atoms with van der Waals surface area (Å²) in [7, 11) is 1.99. The van der Waals surface area contributed by atoms with Gasteiger partial charge in [0.15, 0.2) is 0 Å². The molecule has 0 saturated carbocycles. The second-order valence-electron chi connectivity index (χ2n) is 5.23. The number of benzene rings is 1.